The van der Waals surface area contributed by atoms with Gasteiger partial charge in [0.2, 0.25) is 5.91 Å². The predicted octanol–water partition coefficient (Wildman–Crippen LogP) is 8.53. The number of carbonyl (C=O) groups excluding carboxylic acids is 1. The van der Waals surface area contributed by atoms with E-state index in [9.17, 15) is 31.1 Å². The van der Waals surface area contributed by atoms with Crippen LogP contribution in [0.25, 0.3) is 0 Å². The van der Waals surface area contributed by atoms with Crippen LogP contribution >= 0.6 is 0 Å². The Kier molecular flexibility index (Phi) is 19.7. The quantitative estimate of drug-likeness (QED) is 0.0967. The molecule has 2 rings (SSSR count). The van der Waals surface area contributed by atoms with Crippen LogP contribution in [0.4, 0.5) is 32.0 Å². The first-order chi connectivity index (χ1) is 21.1. The molecule has 0 atom stereocenters. The summed E-state index contributed by atoms with van der Waals surface area (Å²) in [7, 11) is 1.79. The Bertz CT molecular complexity index is 1160. The van der Waals surface area contributed by atoms with E-state index in [2.05, 4.69) is 10.3 Å². The largest absolute Gasteiger partial charge is 0.483 e. The molecule has 1 aromatic carbocycles. The monoisotopic (exact) mass is 646 g/mol. The molecule has 0 saturated heterocycles. The topological polar surface area (TPSA) is 108 Å². The Hall–Kier alpha value is -4.03. The number of aliphatic imine (C=N–C) groups is 1. The number of hydrogen-bond donors (Lipinski definition) is 3. The van der Waals surface area contributed by atoms with E-state index in [-0.39, 0.29) is 36.6 Å². The van der Waals surface area contributed by atoms with Gasteiger partial charge in [0, 0.05) is 38.3 Å². The molecule has 0 unspecified atom stereocenters. The molecular weight excluding hydrogens is 602 g/mol. The number of alkyl halides is 6. The summed E-state index contributed by atoms with van der Waals surface area (Å²) in [5.41, 5.74) is 5.61. The first-order valence-corrected chi connectivity index (χ1v) is 14.4. The van der Waals surface area contributed by atoms with Crippen molar-refractivity contribution >= 4 is 23.8 Å². The lowest BCUT2D eigenvalue weighted by molar-refractivity contribution is -0.135. The van der Waals surface area contributed by atoms with Gasteiger partial charge in [-0.15, -0.1) is 0 Å². The van der Waals surface area contributed by atoms with Gasteiger partial charge >= 0.3 is 12.4 Å². The summed E-state index contributed by atoms with van der Waals surface area (Å²) in [6.45, 7) is 4.11. The van der Waals surface area contributed by atoms with Crippen molar-refractivity contribution in [1.29, 1.82) is 0 Å². The van der Waals surface area contributed by atoms with Gasteiger partial charge in [-0.25, -0.2) is 4.99 Å². The number of rotatable bonds is 11. The highest BCUT2D eigenvalue weighted by Crippen LogP contribution is 2.27. The maximum Gasteiger partial charge on any atom is 0.435 e. The molecule has 1 saturated carbocycles. The first kappa shape index (κ1) is 41.0. The Morgan fingerprint density at radius 3 is 2.13 bits per heavy atom. The third kappa shape index (κ3) is 19.1. The number of nitrogens with one attached hydrogen (secondary N) is 1. The van der Waals surface area contributed by atoms with E-state index in [4.69, 9.17) is 15.6 Å². The lowest BCUT2D eigenvalue weighted by Crippen LogP contribution is -2.33. The zero-order valence-electron chi connectivity index (χ0n) is 26.1. The van der Waals surface area contributed by atoms with Crippen LogP contribution in [0.5, 0.6) is 0 Å². The van der Waals surface area contributed by atoms with E-state index in [0.29, 0.717) is 12.2 Å². The van der Waals surface area contributed by atoms with E-state index in [1.54, 1.807) is 55.3 Å². The number of nitrogens with two attached hydrogens (primary N) is 1. The summed E-state index contributed by atoms with van der Waals surface area (Å²) in [6.07, 6.45) is 7.40. The van der Waals surface area contributed by atoms with Gasteiger partial charge in [0.25, 0.3) is 6.47 Å². The second-order valence-corrected chi connectivity index (χ2v) is 10.1. The summed E-state index contributed by atoms with van der Waals surface area (Å²) in [5, 5.41) is 9.64. The van der Waals surface area contributed by atoms with Crippen LogP contribution < -0.4 is 11.1 Å². The van der Waals surface area contributed by atoms with Gasteiger partial charge in [0.15, 0.2) is 5.71 Å². The Morgan fingerprint density at radius 2 is 1.67 bits per heavy atom. The SMILES string of the molecule is CC(F)(F)F.C\C=C/C(=C\C=C/CCC)/N=C(\C(=C/N)Nc1ccc(CN(C)C(=O)C2CCCCC2)cc1)C(F)(F)F.O=CO. The van der Waals surface area contributed by atoms with Crippen molar-refractivity contribution in [2.75, 3.05) is 12.4 Å². The molecule has 252 valence electrons. The molecule has 13 heteroatoms. The van der Waals surface area contributed by atoms with Gasteiger partial charge in [0.1, 0.15) is 0 Å². The maximum atomic E-state index is 14.0. The van der Waals surface area contributed by atoms with Gasteiger partial charge in [-0.2, -0.15) is 26.3 Å². The normalized spacial score (nSPS) is 15.2. The first-order valence-electron chi connectivity index (χ1n) is 14.4. The van der Waals surface area contributed by atoms with Crippen molar-refractivity contribution in [2.45, 2.75) is 84.6 Å². The third-order valence-electron chi connectivity index (χ3n) is 6.11. The van der Waals surface area contributed by atoms with E-state index >= 15 is 0 Å². The molecule has 7 nitrogen and oxygen atoms in total. The molecule has 1 aromatic rings. The van der Waals surface area contributed by atoms with Crippen LogP contribution in [0.3, 0.4) is 0 Å². The lowest BCUT2D eigenvalue weighted by Gasteiger charge is -2.26. The molecule has 1 aliphatic carbocycles. The zero-order valence-corrected chi connectivity index (χ0v) is 26.1. The molecule has 4 N–H and O–H groups in total. The van der Waals surface area contributed by atoms with E-state index < -0.39 is 18.1 Å². The number of halogens is 6. The summed E-state index contributed by atoms with van der Waals surface area (Å²) in [4.78, 5) is 26.7. The summed E-state index contributed by atoms with van der Waals surface area (Å²) in [5.74, 6) is 0.233. The number of amides is 1. The average Bonchev–Trinajstić information content (AvgIpc) is 2.97. The molecule has 0 bridgehead atoms. The van der Waals surface area contributed by atoms with Crippen molar-refractivity contribution in [2.24, 2.45) is 16.6 Å². The number of benzene rings is 1. The number of carboxylic acid groups (broad SMARTS) is 1. The number of unbranched alkanes of at least 4 members (excludes halogenated alkanes) is 1. The molecule has 45 heavy (non-hydrogen) atoms. The molecule has 1 amide bonds. The minimum absolute atomic E-state index is 0.0839. The van der Waals surface area contributed by atoms with E-state index in [1.807, 2.05) is 13.0 Å². The Morgan fingerprint density at radius 1 is 1.11 bits per heavy atom. The summed E-state index contributed by atoms with van der Waals surface area (Å²) >= 11 is 0. The molecule has 1 fully saturated rings. The van der Waals surface area contributed by atoms with Gasteiger partial charge in [-0.05, 0) is 56.0 Å². The fourth-order valence-electron chi connectivity index (χ4n) is 4.18. The molecule has 0 spiro atoms. The second kappa shape index (κ2) is 21.6. The van der Waals surface area contributed by atoms with Crippen LogP contribution in [-0.4, -0.2) is 47.5 Å². The van der Waals surface area contributed by atoms with Crippen LogP contribution in [0.2, 0.25) is 0 Å². The lowest BCUT2D eigenvalue weighted by atomic mass is 9.88. The fraction of sp³-hybridized carbons (Fsp3) is 0.469. The molecule has 0 aliphatic heterocycles. The van der Waals surface area contributed by atoms with Crippen molar-refractivity contribution in [3.05, 3.63) is 77.8 Å². The standard InChI is InChI=1S/C29H39F3N4O.C2H3F3.CH2O2/c1-4-6-7-11-15-24(12-5-2)35-27(29(30,31)32)26(20-33)34-25-18-16-22(17-19-25)21-36(3)28(37)23-13-9-8-10-14-23;1-2(3,4)5;2-1-3/h5,7,11-12,15-20,23,34H,4,6,8-10,13-14,21,33H2,1-3H3;1H3;1H,(H,2,3)/b11-7-,12-5-,24-15+,26-20+,35-27+;;. The van der Waals surface area contributed by atoms with Crippen molar-refractivity contribution in [1.82, 2.24) is 4.90 Å². The Labute approximate surface area is 261 Å². The van der Waals surface area contributed by atoms with Crippen LogP contribution in [0, 0.1) is 5.92 Å². The minimum Gasteiger partial charge on any atom is -0.483 e. The number of allylic oxidation sites excluding steroid dienone is 6. The van der Waals surface area contributed by atoms with Crippen molar-refractivity contribution in [3.8, 4) is 0 Å². The fourth-order valence-corrected chi connectivity index (χ4v) is 4.18. The number of nitrogens with zero attached hydrogens (tertiary/aromatic N) is 2. The molecular formula is C32H44F6N4O3. The van der Waals surface area contributed by atoms with Gasteiger partial charge < -0.3 is 21.1 Å². The highest BCUT2D eigenvalue weighted by Gasteiger charge is 2.38. The highest BCUT2D eigenvalue weighted by molar-refractivity contribution is 6.06. The van der Waals surface area contributed by atoms with E-state index in [1.165, 1.54) is 18.6 Å². The second-order valence-electron chi connectivity index (χ2n) is 10.1. The molecule has 0 heterocycles. The third-order valence-corrected chi connectivity index (χ3v) is 6.11. The number of anilines is 1. The molecule has 1 aliphatic rings. The highest BCUT2D eigenvalue weighted by atomic mass is 19.4. The minimum atomic E-state index is -4.73. The van der Waals surface area contributed by atoms with Crippen LogP contribution in [-0.2, 0) is 16.1 Å². The summed E-state index contributed by atoms with van der Waals surface area (Å²) in [6, 6.07) is 6.91. The molecule has 0 radical (unpaired) electrons. The van der Waals surface area contributed by atoms with Crippen molar-refractivity contribution < 1.29 is 41.0 Å². The van der Waals surface area contributed by atoms with Gasteiger partial charge in [-0.1, -0.05) is 63.0 Å². The Balaban J connectivity index is 0.00000215. The number of hydrogen-bond acceptors (Lipinski definition) is 5. The molecule has 0 aromatic heterocycles. The van der Waals surface area contributed by atoms with Gasteiger partial charge in [-0.3, -0.25) is 9.59 Å². The maximum absolute atomic E-state index is 14.0. The predicted molar refractivity (Wildman–Crippen MR) is 166 cm³/mol. The summed E-state index contributed by atoms with van der Waals surface area (Å²) < 4.78 is 73.0. The van der Waals surface area contributed by atoms with E-state index in [0.717, 1.165) is 50.3 Å². The average molecular weight is 647 g/mol. The zero-order chi connectivity index (χ0) is 34.5. The van der Waals surface area contributed by atoms with Crippen LogP contribution in [0.15, 0.2) is 77.2 Å². The smallest absolute Gasteiger partial charge is 0.435 e. The van der Waals surface area contributed by atoms with Crippen molar-refractivity contribution in [3.63, 3.8) is 0 Å². The number of carbonyl (C=O) groups is 2. The van der Waals surface area contributed by atoms with Gasteiger partial charge in [0.05, 0.1) is 11.4 Å². The van der Waals surface area contributed by atoms with Crippen LogP contribution in [0.1, 0.15) is 71.3 Å².